The molecule has 1 aliphatic heterocycles. The lowest BCUT2D eigenvalue weighted by Gasteiger charge is -2.34. The van der Waals surface area contributed by atoms with Crippen molar-refractivity contribution in [3.8, 4) is 0 Å². The summed E-state index contributed by atoms with van der Waals surface area (Å²) in [6.07, 6.45) is 2.25. The van der Waals surface area contributed by atoms with Gasteiger partial charge in [0.25, 0.3) is 5.91 Å². The Hall–Kier alpha value is -0.840. The van der Waals surface area contributed by atoms with Crippen LogP contribution in [0.3, 0.4) is 0 Å². The minimum absolute atomic E-state index is 0. The van der Waals surface area contributed by atoms with E-state index in [0.29, 0.717) is 12.1 Å². The lowest BCUT2D eigenvalue weighted by atomic mass is 10.1. The van der Waals surface area contributed by atoms with Crippen molar-refractivity contribution in [2.75, 3.05) is 19.6 Å². The lowest BCUT2D eigenvalue weighted by Crippen LogP contribution is -2.54. The zero-order chi connectivity index (χ0) is 12.8. The smallest absolute Gasteiger partial charge is 0.254 e. The van der Waals surface area contributed by atoms with E-state index in [2.05, 4.69) is 5.32 Å². The SMILES string of the molecule is Cl.O=C(c1ccc(F)c(Cl)c1)N1CCNC2(CC2)C1. The fourth-order valence-electron chi connectivity index (χ4n) is 2.43. The Labute approximate surface area is 122 Å². The lowest BCUT2D eigenvalue weighted by molar-refractivity contribution is 0.0691. The van der Waals surface area contributed by atoms with Gasteiger partial charge in [0.2, 0.25) is 0 Å². The van der Waals surface area contributed by atoms with Crippen LogP contribution in [0.15, 0.2) is 18.2 Å². The zero-order valence-electron chi connectivity index (χ0n) is 10.3. The van der Waals surface area contributed by atoms with Crippen molar-refractivity contribution in [2.45, 2.75) is 18.4 Å². The van der Waals surface area contributed by atoms with Crippen LogP contribution in [-0.2, 0) is 0 Å². The number of hydrogen-bond acceptors (Lipinski definition) is 2. The highest BCUT2D eigenvalue weighted by molar-refractivity contribution is 6.31. The van der Waals surface area contributed by atoms with Gasteiger partial charge >= 0.3 is 0 Å². The number of piperazine rings is 1. The van der Waals surface area contributed by atoms with Gasteiger partial charge in [0.15, 0.2) is 0 Å². The van der Waals surface area contributed by atoms with Crippen LogP contribution in [0.2, 0.25) is 5.02 Å². The summed E-state index contributed by atoms with van der Waals surface area (Å²) in [6.45, 7) is 2.25. The van der Waals surface area contributed by atoms with Gasteiger partial charge in [0, 0.05) is 30.7 Å². The molecule has 1 aromatic rings. The van der Waals surface area contributed by atoms with Gasteiger partial charge in [-0.05, 0) is 31.0 Å². The molecule has 0 aromatic heterocycles. The van der Waals surface area contributed by atoms with Gasteiger partial charge in [-0.15, -0.1) is 12.4 Å². The fraction of sp³-hybridized carbons (Fsp3) is 0.462. The van der Waals surface area contributed by atoms with Crippen molar-refractivity contribution in [2.24, 2.45) is 0 Å². The van der Waals surface area contributed by atoms with Crippen LogP contribution in [0, 0.1) is 5.82 Å². The Balaban J connectivity index is 0.00000133. The largest absolute Gasteiger partial charge is 0.336 e. The number of amides is 1. The van der Waals surface area contributed by atoms with E-state index in [1.54, 1.807) is 0 Å². The Morgan fingerprint density at radius 2 is 2.16 bits per heavy atom. The molecular weight excluding hydrogens is 290 g/mol. The highest BCUT2D eigenvalue weighted by atomic mass is 35.5. The van der Waals surface area contributed by atoms with Crippen LogP contribution in [0.5, 0.6) is 0 Å². The molecule has 3 rings (SSSR count). The second-order valence-corrected chi connectivity index (χ2v) is 5.47. The molecule has 3 nitrogen and oxygen atoms in total. The number of hydrogen-bond donors (Lipinski definition) is 1. The van der Waals surface area contributed by atoms with Gasteiger partial charge in [-0.3, -0.25) is 4.79 Å². The first-order chi connectivity index (χ1) is 8.60. The van der Waals surface area contributed by atoms with E-state index in [9.17, 15) is 9.18 Å². The third-order valence-corrected chi connectivity index (χ3v) is 3.97. The molecule has 1 heterocycles. The molecule has 0 unspecified atom stereocenters. The van der Waals surface area contributed by atoms with Crippen LogP contribution in [0.1, 0.15) is 23.2 Å². The third-order valence-electron chi connectivity index (χ3n) is 3.68. The predicted octanol–water partition coefficient (Wildman–Crippen LogP) is 2.48. The number of halogens is 3. The predicted molar refractivity (Wildman–Crippen MR) is 74.5 cm³/mol. The van der Waals surface area contributed by atoms with Crippen LogP contribution in [-0.4, -0.2) is 36.0 Å². The highest BCUT2D eigenvalue weighted by Crippen LogP contribution is 2.37. The summed E-state index contributed by atoms with van der Waals surface area (Å²) >= 11 is 5.71. The molecule has 0 atom stereocenters. The maximum Gasteiger partial charge on any atom is 0.254 e. The molecule has 2 fully saturated rings. The number of nitrogens with zero attached hydrogens (tertiary/aromatic N) is 1. The van der Waals surface area contributed by atoms with Gasteiger partial charge in [-0.1, -0.05) is 11.6 Å². The van der Waals surface area contributed by atoms with Crippen molar-refractivity contribution in [1.82, 2.24) is 10.2 Å². The third kappa shape index (κ3) is 2.86. The van der Waals surface area contributed by atoms with E-state index in [-0.39, 0.29) is 28.9 Å². The fourth-order valence-corrected chi connectivity index (χ4v) is 2.61. The first-order valence-corrected chi connectivity index (χ1v) is 6.47. The molecule has 1 saturated carbocycles. The van der Waals surface area contributed by atoms with E-state index in [1.165, 1.54) is 18.2 Å². The topological polar surface area (TPSA) is 32.3 Å². The van der Waals surface area contributed by atoms with E-state index in [1.807, 2.05) is 4.90 Å². The van der Waals surface area contributed by atoms with Crippen molar-refractivity contribution in [1.29, 1.82) is 0 Å². The van der Waals surface area contributed by atoms with Crippen molar-refractivity contribution in [3.63, 3.8) is 0 Å². The molecule has 1 N–H and O–H groups in total. The van der Waals surface area contributed by atoms with E-state index < -0.39 is 5.82 Å². The molecule has 0 bridgehead atoms. The van der Waals surface area contributed by atoms with Crippen LogP contribution >= 0.6 is 24.0 Å². The monoisotopic (exact) mass is 304 g/mol. The molecule has 1 spiro atoms. The normalized spacial score (nSPS) is 20.0. The summed E-state index contributed by atoms with van der Waals surface area (Å²) in [5.41, 5.74) is 0.608. The zero-order valence-corrected chi connectivity index (χ0v) is 11.9. The quantitative estimate of drug-likeness (QED) is 0.864. The van der Waals surface area contributed by atoms with Crippen LogP contribution in [0.4, 0.5) is 4.39 Å². The minimum Gasteiger partial charge on any atom is -0.336 e. The van der Waals surface area contributed by atoms with Crippen LogP contribution < -0.4 is 5.32 Å². The average molecular weight is 305 g/mol. The second kappa shape index (κ2) is 5.27. The maximum absolute atomic E-state index is 13.1. The van der Waals surface area contributed by atoms with Gasteiger partial charge in [0.05, 0.1) is 5.02 Å². The van der Waals surface area contributed by atoms with Crippen molar-refractivity contribution >= 4 is 29.9 Å². The summed E-state index contributed by atoms with van der Waals surface area (Å²) in [6, 6.07) is 4.14. The summed E-state index contributed by atoms with van der Waals surface area (Å²) in [5, 5.41) is 3.44. The number of carbonyl (C=O) groups is 1. The molecular formula is C13H15Cl2FN2O. The molecule has 19 heavy (non-hydrogen) atoms. The number of carbonyl (C=O) groups excluding carboxylic acids is 1. The molecule has 104 valence electrons. The molecule has 1 aromatic carbocycles. The maximum atomic E-state index is 13.1. The molecule has 0 radical (unpaired) electrons. The summed E-state index contributed by atoms with van der Waals surface area (Å²) in [5.74, 6) is -0.558. The number of benzene rings is 1. The average Bonchev–Trinajstić information content (AvgIpc) is 3.11. The number of nitrogens with one attached hydrogen (secondary N) is 1. The van der Waals surface area contributed by atoms with Gasteiger partial charge in [-0.25, -0.2) is 4.39 Å². The molecule has 6 heteroatoms. The number of rotatable bonds is 1. The summed E-state index contributed by atoms with van der Waals surface area (Å²) in [7, 11) is 0. The highest BCUT2D eigenvalue weighted by Gasteiger charge is 2.46. The molecule has 1 aliphatic carbocycles. The van der Waals surface area contributed by atoms with Crippen molar-refractivity contribution in [3.05, 3.63) is 34.6 Å². The van der Waals surface area contributed by atoms with E-state index in [4.69, 9.17) is 11.6 Å². The van der Waals surface area contributed by atoms with Gasteiger partial charge in [-0.2, -0.15) is 0 Å². The first-order valence-electron chi connectivity index (χ1n) is 6.09. The first kappa shape index (κ1) is 14.6. The second-order valence-electron chi connectivity index (χ2n) is 5.06. The standard InChI is InChI=1S/C13H14ClFN2O.ClH/c14-10-7-9(1-2-11(10)15)12(18)17-6-5-16-13(8-17)3-4-13;/h1-2,7,16H,3-6,8H2;1H. The molecule has 2 aliphatic rings. The molecule has 1 amide bonds. The minimum atomic E-state index is -0.493. The van der Waals surface area contributed by atoms with Gasteiger partial charge < -0.3 is 10.2 Å². The molecule has 1 saturated heterocycles. The summed E-state index contributed by atoms with van der Waals surface area (Å²) < 4.78 is 13.1. The van der Waals surface area contributed by atoms with Crippen LogP contribution in [0.25, 0.3) is 0 Å². The van der Waals surface area contributed by atoms with Gasteiger partial charge in [0.1, 0.15) is 5.82 Å². The van der Waals surface area contributed by atoms with E-state index in [0.717, 1.165) is 25.9 Å². The Kier molecular flexibility index (Phi) is 4.04. The Bertz CT molecular complexity index is 505. The van der Waals surface area contributed by atoms with Crippen molar-refractivity contribution < 1.29 is 9.18 Å². The Morgan fingerprint density at radius 1 is 1.42 bits per heavy atom. The summed E-state index contributed by atoms with van der Waals surface area (Å²) in [4.78, 5) is 14.1. The van der Waals surface area contributed by atoms with E-state index >= 15 is 0 Å². The Morgan fingerprint density at radius 3 is 2.79 bits per heavy atom.